The van der Waals surface area contributed by atoms with Gasteiger partial charge in [0.1, 0.15) is 5.69 Å². The van der Waals surface area contributed by atoms with Crippen molar-refractivity contribution in [1.29, 1.82) is 0 Å². The summed E-state index contributed by atoms with van der Waals surface area (Å²) in [6.07, 6.45) is 1.92. The highest BCUT2D eigenvalue weighted by Gasteiger charge is 2.20. The molecule has 0 saturated carbocycles. The predicted molar refractivity (Wildman–Crippen MR) is 78.0 cm³/mol. The Bertz CT molecular complexity index is 753. The molecule has 20 heavy (non-hydrogen) atoms. The van der Waals surface area contributed by atoms with Gasteiger partial charge in [0.05, 0.1) is 11.3 Å². The lowest BCUT2D eigenvalue weighted by molar-refractivity contribution is 0.439. The van der Waals surface area contributed by atoms with Crippen LogP contribution in [0.2, 0.25) is 0 Å². The molecule has 102 valence electrons. The second-order valence-electron chi connectivity index (χ2n) is 4.94. The molecule has 0 spiro atoms. The molecule has 0 aliphatic heterocycles. The van der Waals surface area contributed by atoms with E-state index >= 15 is 0 Å². The summed E-state index contributed by atoms with van der Waals surface area (Å²) >= 11 is 0. The van der Waals surface area contributed by atoms with Crippen LogP contribution in [0.25, 0.3) is 22.4 Å². The summed E-state index contributed by atoms with van der Waals surface area (Å²) in [6, 6.07) is 8.13. The fourth-order valence-corrected chi connectivity index (χ4v) is 2.32. The van der Waals surface area contributed by atoms with Crippen LogP contribution in [0.1, 0.15) is 11.3 Å². The first-order chi connectivity index (χ1) is 9.56. The molecule has 0 saturated heterocycles. The number of rotatable bonds is 2. The third-order valence-corrected chi connectivity index (χ3v) is 3.33. The average Bonchev–Trinajstić information content (AvgIpc) is 2.93. The topological polar surface area (TPSA) is 69.9 Å². The Morgan fingerprint density at radius 2 is 1.85 bits per heavy atom. The molecule has 0 bridgehead atoms. The minimum absolute atomic E-state index is 0.326. The van der Waals surface area contributed by atoms with Crippen molar-refractivity contribution >= 4 is 5.88 Å². The molecule has 5 heteroatoms. The van der Waals surface area contributed by atoms with Crippen molar-refractivity contribution in [2.24, 2.45) is 7.05 Å². The summed E-state index contributed by atoms with van der Waals surface area (Å²) in [5.41, 5.74) is 11.5. The first-order valence-corrected chi connectivity index (χ1v) is 6.39. The lowest BCUT2D eigenvalue weighted by Gasteiger charge is -2.02. The molecule has 0 atom stereocenters. The van der Waals surface area contributed by atoms with E-state index in [9.17, 15) is 0 Å². The first kappa shape index (κ1) is 12.5. The monoisotopic (exact) mass is 268 g/mol. The first-order valence-electron chi connectivity index (χ1n) is 6.39. The number of benzene rings is 1. The zero-order chi connectivity index (χ0) is 14.3. The van der Waals surface area contributed by atoms with Crippen molar-refractivity contribution in [3.8, 4) is 22.4 Å². The fourth-order valence-electron chi connectivity index (χ4n) is 2.32. The van der Waals surface area contributed by atoms with E-state index in [4.69, 9.17) is 10.3 Å². The van der Waals surface area contributed by atoms with E-state index in [1.54, 1.807) is 4.68 Å². The van der Waals surface area contributed by atoms with E-state index < -0.39 is 0 Å². The summed E-state index contributed by atoms with van der Waals surface area (Å²) in [7, 11) is 1.88. The van der Waals surface area contributed by atoms with Crippen LogP contribution in [-0.4, -0.2) is 14.9 Å². The van der Waals surface area contributed by atoms with E-state index in [1.165, 1.54) is 5.56 Å². The molecule has 0 amide bonds. The minimum Gasteiger partial charge on any atom is -0.367 e. The Labute approximate surface area is 117 Å². The van der Waals surface area contributed by atoms with Gasteiger partial charge in [-0.15, -0.1) is 0 Å². The highest BCUT2D eigenvalue weighted by atomic mass is 16.5. The highest BCUT2D eigenvalue weighted by Crippen LogP contribution is 2.37. The van der Waals surface area contributed by atoms with Crippen molar-refractivity contribution < 1.29 is 4.52 Å². The molecule has 3 rings (SSSR count). The molecule has 2 aromatic heterocycles. The molecule has 2 heterocycles. The Kier molecular flexibility index (Phi) is 2.82. The third-order valence-electron chi connectivity index (χ3n) is 3.33. The molecule has 0 radical (unpaired) electrons. The zero-order valence-electron chi connectivity index (χ0n) is 11.7. The van der Waals surface area contributed by atoms with Crippen LogP contribution in [0.15, 0.2) is 35.0 Å². The Balaban J connectivity index is 2.19. The standard InChI is InChI=1S/C15H16N4O/c1-9-4-6-11(7-5-9)13-14(18-20-15(13)16)12-8-19(3)17-10(12)2/h4-8H,16H2,1-3H3. The Morgan fingerprint density at radius 3 is 2.45 bits per heavy atom. The lowest BCUT2D eigenvalue weighted by Crippen LogP contribution is -1.88. The van der Waals surface area contributed by atoms with Crippen LogP contribution in [0.4, 0.5) is 5.88 Å². The lowest BCUT2D eigenvalue weighted by atomic mass is 10.0. The van der Waals surface area contributed by atoms with Crippen LogP contribution in [0.5, 0.6) is 0 Å². The van der Waals surface area contributed by atoms with E-state index in [1.807, 2.05) is 51.4 Å². The van der Waals surface area contributed by atoms with Crippen molar-refractivity contribution in [3.63, 3.8) is 0 Å². The van der Waals surface area contributed by atoms with Crippen molar-refractivity contribution in [2.75, 3.05) is 5.73 Å². The van der Waals surface area contributed by atoms with E-state index in [0.29, 0.717) is 5.88 Å². The summed E-state index contributed by atoms with van der Waals surface area (Å²) < 4.78 is 6.95. The smallest absolute Gasteiger partial charge is 0.230 e. The predicted octanol–water partition coefficient (Wildman–Crippen LogP) is 2.94. The maximum Gasteiger partial charge on any atom is 0.230 e. The van der Waals surface area contributed by atoms with Crippen molar-refractivity contribution in [1.82, 2.24) is 14.9 Å². The van der Waals surface area contributed by atoms with Crippen molar-refractivity contribution in [3.05, 3.63) is 41.7 Å². The summed E-state index contributed by atoms with van der Waals surface area (Å²) in [4.78, 5) is 0. The van der Waals surface area contributed by atoms with Crippen LogP contribution in [-0.2, 0) is 7.05 Å². The molecule has 3 aromatic rings. The number of nitrogen functional groups attached to an aromatic ring is 1. The van der Waals surface area contributed by atoms with Gasteiger partial charge in [0.2, 0.25) is 5.88 Å². The fraction of sp³-hybridized carbons (Fsp3) is 0.200. The van der Waals surface area contributed by atoms with Crippen LogP contribution in [0, 0.1) is 13.8 Å². The van der Waals surface area contributed by atoms with Gasteiger partial charge in [-0.25, -0.2) is 0 Å². The van der Waals surface area contributed by atoms with Gasteiger partial charge in [-0.05, 0) is 19.4 Å². The maximum absolute atomic E-state index is 5.95. The molecule has 0 unspecified atom stereocenters. The molecule has 0 fully saturated rings. The number of hydrogen-bond donors (Lipinski definition) is 1. The summed E-state index contributed by atoms with van der Waals surface area (Å²) in [5, 5.41) is 8.45. The minimum atomic E-state index is 0.326. The van der Waals surface area contributed by atoms with Gasteiger partial charge in [-0.2, -0.15) is 5.10 Å². The SMILES string of the molecule is Cc1ccc(-c2c(-c3cn(C)nc3C)noc2N)cc1. The van der Waals surface area contributed by atoms with Gasteiger partial charge >= 0.3 is 0 Å². The third kappa shape index (κ3) is 1.97. The molecule has 0 aliphatic carbocycles. The second kappa shape index (κ2) is 4.52. The quantitative estimate of drug-likeness (QED) is 0.775. The molecule has 5 nitrogen and oxygen atoms in total. The van der Waals surface area contributed by atoms with Gasteiger partial charge in [0.15, 0.2) is 0 Å². The summed E-state index contributed by atoms with van der Waals surface area (Å²) in [5.74, 6) is 0.326. The zero-order valence-corrected chi connectivity index (χ0v) is 11.7. The van der Waals surface area contributed by atoms with E-state index in [0.717, 1.165) is 28.1 Å². The summed E-state index contributed by atoms with van der Waals surface area (Å²) in [6.45, 7) is 3.99. The molecule has 2 N–H and O–H groups in total. The number of aromatic nitrogens is 3. The van der Waals surface area contributed by atoms with Gasteiger partial charge < -0.3 is 10.3 Å². The normalized spacial score (nSPS) is 10.9. The number of anilines is 1. The van der Waals surface area contributed by atoms with Crippen molar-refractivity contribution in [2.45, 2.75) is 13.8 Å². The van der Waals surface area contributed by atoms with E-state index in [-0.39, 0.29) is 0 Å². The Hall–Kier alpha value is -2.56. The van der Waals surface area contributed by atoms with Crippen LogP contribution in [0.3, 0.4) is 0 Å². The van der Waals surface area contributed by atoms with Gasteiger partial charge in [-0.3, -0.25) is 4.68 Å². The van der Waals surface area contributed by atoms with Crippen LogP contribution >= 0.6 is 0 Å². The van der Waals surface area contributed by atoms with Gasteiger partial charge in [0, 0.05) is 18.8 Å². The Morgan fingerprint density at radius 1 is 1.15 bits per heavy atom. The second-order valence-corrected chi connectivity index (χ2v) is 4.94. The highest BCUT2D eigenvalue weighted by molar-refractivity contribution is 5.87. The molecule has 1 aromatic carbocycles. The largest absolute Gasteiger partial charge is 0.367 e. The number of nitrogens with zero attached hydrogens (tertiary/aromatic N) is 3. The number of nitrogens with two attached hydrogens (primary N) is 1. The van der Waals surface area contributed by atoms with Gasteiger partial charge in [-0.1, -0.05) is 35.0 Å². The average molecular weight is 268 g/mol. The van der Waals surface area contributed by atoms with E-state index in [2.05, 4.69) is 10.3 Å². The molecule has 0 aliphatic rings. The van der Waals surface area contributed by atoms with Crippen LogP contribution < -0.4 is 5.73 Å². The molecular weight excluding hydrogens is 252 g/mol. The number of aryl methyl sites for hydroxylation is 3. The molecular formula is C15H16N4O. The maximum atomic E-state index is 5.95. The number of hydrogen-bond acceptors (Lipinski definition) is 4. The van der Waals surface area contributed by atoms with Gasteiger partial charge in [0.25, 0.3) is 0 Å².